The van der Waals surface area contributed by atoms with Crippen LogP contribution in [0, 0.1) is 6.92 Å². The topological polar surface area (TPSA) is 115 Å². The summed E-state index contributed by atoms with van der Waals surface area (Å²) in [6.45, 7) is 3.83. The van der Waals surface area contributed by atoms with E-state index in [1.165, 1.54) is 35.3 Å². The van der Waals surface area contributed by atoms with Crippen LogP contribution in [0.1, 0.15) is 28.4 Å². The molecule has 0 amide bonds. The molecule has 1 N–H and O–H groups in total. The molecule has 26 heavy (non-hydrogen) atoms. The second kappa shape index (κ2) is 6.41. The van der Waals surface area contributed by atoms with Crippen molar-refractivity contribution in [3.63, 3.8) is 0 Å². The van der Waals surface area contributed by atoms with Crippen LogP contribution in [0.15, 0.2) is 40.1 Å². The van der Waals surface area contributed by atoms with E-state index < -0.39 is 15.6 Å². The first-order chi connectivity index (χ1) is 12.3. The maximum absolute atomic E-state index is 12.9. The van der Waals surface area contributed by atoms with E-state index in [2.05, 4.69) is 10.3 Å². The lowest BCUT2D eigenvalue weighted by molar-refractivity contribution is 0.103. The van der Waals surface area contributed by atoms with Gasteiger partial charge in [-0.2, -0.15) is 5.10 Å². The van der Waals surface area contributed by atoms with E-state index in [0.717, 1.165) is 6.26 Å². The predicted molar refractivity (Wildman–Crippen MR) is 92.8 cm³/mol. The third-order valence-electron chi connectivity index (χ3n) is 4.12. The molecule has 0 unspecified atom stereocenters. The Morgan fingerprint density at radius 1 is 1.27 bits per heavy atom. The molecule has 0 atom stereocenters. The van der Waals surface area contributed by atoms with Gasteiger partial charge in [0.15, 0.2) is 15.6 Å². The zero-order valence-corrected chi connectivity index (χ0v) is 15.2. The normalized spacial score (nSPS) is 11.7. The number of sulfone groups is 1. The number of hydrogen-bond acceptors (Lipinski definition) is 7. The Kier molecular flexibility index (Phi) is 4.41. The van der Waals surface area contributed by atoms with Crippen molar-refractivity contribution in [1.29, 1.82) is 0 Å². The molecule has 3 rings (SSSR count). The molecule has 2 heterocycles. The molecule has 9 heteroatoms. The summed E-state index contributed by atoms with van der Waals surface area (Å²) in [5, 5.41) is 17.9. The number of rotatable bonds is 5. The highest BCUT2D eigenvalue weighted by Crippen LogP contribution is 2.33. The summed E-state index contributed by atoms with van der Waals surface area (Å²) in [5.74, 6) is -0.684. The van der Waals surface area contributed by atoms with Gasteiger partial charge in [0.1, 0.15) is 17.5 Å². The number of aromatic hydroxyl groups is 1. The fraction of sp³-hybridized carbons (Fsp3) is 0.235. The predicted octanol–water partition coefficient (Wildman–Crippen LogP) is 2.21. The van der Waals surface area contributed by atoms with Crippen LogP contribution >= 0.6 is 0 Å². The van der Waals surface area contributed by atoms with Crippen LogP contribution in [0.25, 0.3) is 11.3 Å². The Labute approximate surface area is 150 Å². The van der Waals surface area contributed by atoms with Gasteiger partial charge in [-0.3, -0.25) is 4.79 Å². The zero-order valence-electron chi connectivity index (χ0n) is 14.4. The van der Waals surface area contributed by atoms with Gasteiger partial charge in [-0.15, -0.1) is 0 Å². The van der Waals surface area contributed by atoms with Crippen molar-refractivity contribution in [3.8, 4) is 17.1 Å². The Bertz CT molecular complexity index is 1080. The summed E-state index contributed by atoms with van der Waals surface area (Å²) in [6, 6.07) is 4.32. The Hall–Kier alpha value is -2.94. The molecule has 0 radical (unpaired) electrons. The average Bonchev–Trinajstić information content (AvgIpc) is 3.22. The van der Waals surface area contributed by atoms with Crippen molar-refractivity contribution in [2.24, 2.45) is 0 Å². The van der Waals surface area contributed by atoms with Crippen LogP contribution in [0.5, 0.6) is 5.88 Å². The first-order valence-corrected chi connectivity index (χ1v) is 9.68. The molecular formula is C17H17N3O5S. The number of carbonyl (C=O) groups is 1. The van der Waals surface area contributed by atoms with Crippen LogP contribution in [-0.4, -0.2) is 40.5 Å². The van der Waals surface area contributed by atoms with Gasteiger partial charge in [-0.1, -0.05) is 5.16 Å². The van der Waals surface area contributed by atoms with E-state index in [-0.39, 0.29) is 21.9 Å². The Morgan fingerprint density at radius 3 is 2.54 bits per heavy atom. The molecule has 0 saturated heterocycles. The van der Waals surface area contributed by atoms with Gasteiger partial charge in [-0.25, -0.2) is 13.1 Å². The fourth-order valence-electron chi connectivity index (χ4n) is 2.82. The highest BCUT2D eigenvalue weighted by Gasteiger charge is 2.25. The third kappa shape index (κ3) is 2.90. The molecule has 0 spiro atoms. The second-order valence-corrected chi connectivity index (χ2v) is 7.78. The van der Waals surface area contributed by atoms with E-state index >= 15 is 0 Å². The summed E-state index contributed by atoms with van der Waals surface area (Å²) in [5.41, 5.74) is 1.34. The van der Waals surface area contributed by atoms with E-state index in [1.807, 2.05) is 0 Å². The molecule has 0 aliphatic heterocycles. The first kappa shape index (κ1) is 17.9. The van der Waals surface area contributed by atoms with Crippen LogP contribution in [-0.2, 0) is 16.4 Å². The molecule has 0 bridgehead atoms. The zero-order chi connectivity index (χ0) is 19.1. The lowest BCUT2D eigenvalue weighted by Gasteiger charge is -2.13. The van der Waals surface area contributed by atoms with Crippen LogP contribution in [0.3, 0.4) is 0 Å². The molecule has 0 saturated carbocycles. The van der Waals surface area contributed by atoms with E-state index in [0.29, 0.717) is 23.4 Å². The molecule has 0 aliphatic carbocycles. The monoisotopic (exact) mass is 375 g/mol. The Balaban J connectivity index is 2.23. The summed E-state index contributed by atoms with van der Waals surface area (Å²) >= 11 is 0. The number of carbonyl (C=O) groups excluding carboxylic acids is 1. The molecular weight excluding hydrogens is 358 g/mol. The van der Waals surface area contributed by atoms with Crippen molar-refractivity contribution < 1.29 is 22.8 Å². The number of ketones is 1. The SMILES string of the molecule is CCn1ncc(C(=O)c2ccc(S(C)(=O)=O)c(-c3ccon3)c2C)c1O. The van der Waals surface area contributed by atoms with Crippen molar-refractivity contribution in [2.75, 3.05) is 6.26 Å². The van der Waals surface area contributed by atoms with Crippen LogP contribution in [0.2, 0.25) is 0 Å². The third-order valence-corrected chi connectivity index (χ3v) is 5.26. The summed E-state index contributed by atoms with van der Waals surface area (Å²) in [4.78, 5) is 12.9. The van der Waals surface area contributed by atoms with Crippen molar-refractivity contribution in [3.05, 3.63) is 47.3 Å². The number of nitrogens with zero attached hydrogens (tertiary/aromatic N) is 3. The quantitative estimate of drug-likeness (QED) is 0.680. The molecule has 3 aromatic rings. The minimum absolute atomic E-state index is 0.0492. The van der Waals surface area contributed by atoms with E-state index in [4.69, 9.17) is 4.52 Å². The lowest BCUT2D eigenvalue weighted by Crippen LogP contribution is -2.09. The fourth-order valence-corrected chi connectivity index (χ4v) is 3.76. The molecule has 0 aliphatic rings. The standard InChI is InChI=1S/C17H17N3O5S/c1-4-20-17(22)12(9-18-20)16(21)11-5-6-14(26(3,23)24)15(10(11)2)13-7-8-25-19-13/h5-9,22H,4H2,1-3H3. The van der Waals surface area contributed by atoms with Gasteiger partial charge in [0.2, 0.25) is 5.88 Å². The summed E-state index contributed by atoms with van der Waals surface area (Å²) in [6.07, 6.45) is 3.71. The first-order valence-electron chi connectivity index (χ1n) is 7.79. The minimum Gasteiger partial charge on any atom is -0.493 e. The van der Waals surface area contributed by atoms with Gasteiger partial charge < -0.3 is 9.63 Å². The summed E-state index contributed by atoms with van der Waals surface area (Å²) in [7, 11) is -3.56. The van der Waals surface area contributed by atoms with Crippen LogP contribution < -0.4 is 0 Å². The Morgan fingerprint density at radius 2 is 2.00 bits per heavy atom. The number of aromatic nitrogens is 3. The molecule has 8 nitrogen and oxygen atoms in total. The largest absolute Gasteiger partial charge is 0.493 e. The lowest BCUT2D eigenvalue weighted by atomic mass is 9.95. The number of benzene rings is 1. The van der Waals surface area contributed by atoms with Gasteiger partial charge in [0, 0.05) is 30.0 Å². The van der Waals surface area contributed by atoms with Gasteiger partial charge in [0.05, 0.1) is 11.1 Å². The van der Waals surface area contributed by atoms with Crippen molar-refractivity contribution in [1.82, 2.24) is 14.9 Å². The smallest absolute Gasteiger partial charge is 0.220 e. The molecule has 136 valence electrons. The molecule has 0 fully saturated rings. The average molecular weight is 375 g/mol. The van der Waals surface area contributed by atoms with Gasteiger partial charge in [0.25, 0.3) is 0 Å². The van der Waals surface area contributed by atoms with Gasteiger partial charge >= 0.3 is 0 Å². The van der Waals surface area contributed by atoms with Gasteiger partial charge in [-0.05, 0) is 31.5 Å². The minimum atomic E-state index is -3.56. The number of hydrogen-bond donors (Lipinski definition) is 1. The summed E-state index contributed by atoms with van der Waals surface area (Å²) < 4.78 is 30.4. The van der Waals surface area contributed by atoms with Crippen molar-refractivity contribution >= 4 is 15.6 Å². The molecule has 1 aromatic carbocycles. The maximum Gasteiger partial charge on any atom is 0.220 e. The second-order valence-electron chi connectivity index (χ2n) is 5.79. The van der Waals surface area contributed by atoms with E-state index in [1.54, 1.807) is 13.8 Å². The highest BCUT2D eigenvalue weighted by atomic mass is 32.2. The van der Waals surface area contributed by atoms with Crippen molar-refractivity contribution in [2.45, 2.75) is 25.3 Å². The number of aryl methyl sites for hydroxylation is 1. The van der Waals surface area contributed by atoms with E-state index in [9.17, 15) is 18.3 Å². The highest BCUT2D eigenvalue weighted by molar-refractivity contribution is 7.90. The molecule has 2 aromatic heterocycles. The van der Waals surface area contributed by atoms with Crippen LogP contribution in [0.4, 0.5) is 0 Å². The maximum atomic E-state index is 12.9.